The third-order valence-electron chi connectivity index (χ3n) is 2.92. The lowest BCUT2D eigenvalue weighted by Crippen LogP contribution is -2.30. The second-order valence-electron chi connectivity index (χ2n) is 4.41. The molecule has 0 aliphatic carbocycles. The zero-order valence-electron chi connectivity index (χ0n) is 11.6. The summed E-state index contributed by atoms with van der Waals surface area (Å²) in [6.07, 6.45) is 1.43. The highest BCUT2D eigenvalue weighted by atomic mass is 32.2. The number of aromatic hydroxyl groups is 1. The van der Waals surface area contributed by atoms with Crippen LogP contribution in [0.2, 0.25) is 0 Å². The predicted octanol–water partition coefficient (Wildman–Crippen LogP) is 2.08. The summed E-state index contributed by atoms with van der Waals surface area (Å²) >= 11 is 6.20. The molecule has 1 aliphatic rings. The van der Waals surface area contributed by atoms with Crippen molar-refractivity contribution in [3.05, 3.63) is 28.7 Å². The maximum Gasteiger partial charge on any atom is 0.305 e. The van der Waals surface area contributed by atoms with Crippen molar-refractivity contribution in [2.75, 3.05) is 13.7 Å². The van der Waals surface area contributed by atoms with Crippen LogP contribution in [0.1, 0.15) is 12.0 Å². The van der Waals surface area contributed by atoms with Crippen molar-refractivity contribution in [1.29, 1.82) is 0 Å². The van der Waals surface area contributed by atoms with E-state index in [2.05, 4.69) is 0 Å². The minimum Gasteiger partial charge on any atom is -0.504 e. The van der Waals surface area contributed by atoms with Crippen LogP contribution in [0.3, 0.4) is 0 Å². The number of carbonyl (C=O) groups is 2. The fraction of sp³-hybridized carbons (Fsp3) is 0.214. The molecule has 22 heavy (non-hydrogen) atoms. The Balaban J connectivity index is 2.19. The first kappa shape index (κ1) is 16.3. The van der Waals surface area contributed by atoms with E-state index in [9.17, 15) is 14.7 Å². The Labute approximate surface area is 136 Å². The molecular formula is C14H13NO5S2. The first-order valence-corrected chi connectivity index (χ1v) is 7.49. The van der Waals surface area contributed by atoms with Gasteiger partial charge in [0.05, 0.1) is 18.4 Å². The van der Waals surface area contributed by atoms with Gasteiger partial charge in [-0.05, 0) is 23.8 Å². The van der Waals surface area contributed by atoms with Crippen molar-refractivity contribution >= 4 is 46.3 Å². The van der Waals surface area contributed by atoms with Crippen molar-refractivity contribution in [3.63, 3.8) is 0 Å². The molecule has 0 radical (unpaired) electrons. The molecule has 1 aliphatic heterocycles. The average Bonchev–Trinajstić information content (AvgIpc) is 2.71. The van der Waals surface area contributed by atoms with Crippen molar-refractivity contribution in [2.24, 2.45) is 0 Å². The molecule has 1 aromatic rings. The van der Waals surface area contributed by atoms with Gasteiger partial charge in [0.2, 0.25) is 0 Å². The molecule has 0 atom stereocenters. The number of carbonyl (C=O) groups excluding carboxylic acids is 1. The lowest BCUT2D eigenvalue weighted by molar-refractivity contribution is -0.137. The second-order valence-corrected chi connectivity index (χ2v) is 6.08. The predicted molar refractivity (Wildman–Crippen MR) is 86.8 cm³/mol. The first-order valence-electron chi connectivity index (χ1n) is 6.26. The quantitative estimate of drug-likeness (QED) is 0.627. The SMILES string of the molecule is COc1ccc(/C=C2\SC(=S)N(CCC(=O)O)C2=O)cc1O. The Bertz CT molecular complexity index is 671. The van der Waals surface area contributed by atoms with Gasteiger partial charge >= 0.3 is 5.97 Å². The highest BCUT2D eigenvalue weighted by Gasteiger charge is 2.32. The van der Waals surface area contributed by atoms with E-state index in [4.69, 9.17) is 22.1 Å². The second kappa shape index (κ2) is 6.80. The molecule has 1 aromatic carbocycles. The Kier molecular flexibility index (Phi) is 5.04. The summed E-state index contributed by atoms with van der Waals surface area (Å²) in [6.45, 7) is 0.0468. The van der Waals surface area contributed by atoms with Gasteiger partial charge in [0.15, 0.2) is 11.5 Å². The van der Waals surface area contributed by atoms with Crippen molar-refractivity contribution in [3.8, 4) is 11.5 Å². The number of benzene rings is 1. The number of amides is 1. The summed E-state index contributed by atoms with van der Waals surface area (Å²) in [5.41, 5.74) is 0.622. The molecule has 0 saturated carbocycles. The summed E-state index contributed by atoms with van der Waals surface area (Å²) < 4.78 is 5.28. The van der Waals surface area contributed by atoms with Crippen LogP contribution in [-0.4, -0.2) is 45.0 Å². The van der Waals surface area contributed by atoms with E-state index in [1.807, 2.05) is 0 Å². The van der Waals surface area contributed by atoms with Crippen LogP contribution in [0.25, 0.3) is 6.08 Å². The number of methoxy groups -OCH3 is 1. The summed E-state index contributed by atoms with van der Waals surface area (Å²) in [5, 5.41) is 18.4. The molecule has 0 unspecified atom stereocenters. The van der Waals surface area contributed by atoms with Gasteiger partial charge in [-0.3, -0.25) is 14.5 Å². The number of hydrogen-bond acceptors (Lipinski definition) is 6. The fourth-order valence-corrected chi connectivity index (χ4v) is 3.16. The van der Waals surface area contributed by atoms with Gasteiger partial charge in [-0.25, -0.2) is 0 Å². The summed E-state index contributed by atoms with van der Waals surface area (Å²) in [6, 6.07) is 4.76. The van der Waals surface area contributed by atoms with Crippen LogP contribution >= 0.6 is 24.0 Å². The normalized spacial score (nSPS) is 16.4. The molecule has 1 saturated heterocycles. The van der Waals surface area contributed by atoms with Crippen LogP contribution in [0.15, 0.2) is 23.1 Å². The van der Waals surface area contributed by atoms with Gasteiger partial charge in [0.25, 0.3) is 5.91 Å². The van der Waals surface area contributed by atoms with Crippen molar-refractivity contribution in [1.82, 2.24) is 4.90 Å². The van der Waals surface area contributed by atoms with E-state index in [-0.39, 0.29) is 24.6 Å². The van der Waals surface area contributed by atoms with Gasteiger partial charge < -0.3 is 14.9 Å². The van der Waals surface area contributed by atoms with Crippen LogP contribution in [0.5, 0.6) is 11.5 Å². The van der Waals surface area contributed by atoms with E-state index in [1.165, 1.54) is 18.1 Å². The third-order valence-corrected chi connectivity index (χ3v) is 4.30. The van der Waals surface area contributed by atoms with Crippen LogP contribution in [0, 0.1) is 0 Å². The Hall–Kier alpha value is -2.06. The highest BCUT2D eigenvalue weighted by molar-refractivity contribution is 8.26. The molecule has 0 bridgehead atoms. The number of ether oxygens (including phenoxy) is 1. The molecular weight excluding hydrogens is 326 g/mol. The van der Waals surface area contributed by atoms with E-state index in [0.717, 1.165) is 11.8 Å². The smallest absolute Gasteiger partial charge is 0.305 e. The average molecular weight is 339 g/mol. The number of rotatable bonds is 5. The monoisotopic (exact) mass is 339 g/mol. The van der Waals surface area contributed by atoms with Gasteiger partial charge in [-0.1, -0.05) is 30.0 Å². The lowest BCUT2D eigenvalue weighted by Gasteiger charge is -2.12. The molecule has 0 aromatic heterocycles. The minimum atomic E-state index is -0.988. The third kappa shape index (κ3) is 3.58. The molecule has 1 amide bonds. The van der Waals surface area contributed by atoms with E-state index >= 15 is 0 Å². The topological polar surface area (TPSA) is 87.1 Å². The Morgan fingerprint density at radius 3 is 2.82 bits per heavy atom. The number of phenolic OH excluding ortho intramolecular Hbond substituents is 1. The largest absolute Gasteiger partial charge is 0.504 e. The molecule has 2 rings (SSSR count). The van der Waals surface area contributed by atoms with Gasteiger partial charge in [-0.2, -0.15) is 0 Å². The van der Waals surface area contributed by atoms with Crippen LogP contribution in [0.4, 0.5) is 0 Å². The zero-order chi connectivity index (χ0) is 16.3. The Morgan fingerprint density at radius 1 is 1.50 bits per heavy atom. The Morgan fingerprint density at radius 2 is 2.23 bits per heavy atom. The fourth-order valence-electron chi connectivity index (χ4n) is 1.85. The molecule has 1 heterocycles. The van der Waals surface area contributed by atoms with E-state index in [0.29, 0.717) is 20.5 Å². The van der Waals surface area contributed by atoms with Crippen LogP contribution in [-0.2, 0) is 9.59 Å². The summed E-state index contributed by atoms with van der Waals surface area (Å²) in [5.74, 6) is -1.01. The number of aliphatic carboxylic acids is 1. The van der Waals surface area contributed by atoms with E-state index in [1.54, 1.807) is 18.2 Å². The first-order chi connectivity index (χ1) is 10.4. The number of carboxylic acids is 1. The molecule has 1 fully saturated rings. The lowest BCUT2D eigenvalue weighted by atomic mass is 10.2. The molecule has 0 spiro atoms. The zero-order valence-corrected chi connectivity index (χ0v) is 13.2. The van der Waals surface area contributed by atoms with Gasteiger partial charge in [0.1, 0.15) is 4.32 Å². The number of hydrogen-bond donors (Lipinski definition) is 2. The van der Waals surface area contributed by atoms with E-state index < -0.39 is 5.97 Å². The van der Waals surface area contributed by atoms with Gasteiger partial charge in [0, 0.05) is 6.54 Å². The van der Waals surface area contributed by atoms with Crippen LogP contribution < -0.4 is 4.74 Å². The number of thioether (sulfide) groups is 1. The van der Waals surface area contributed by atoms with Crippen molar-refractivity contribution < 1.29 is 24.5 Å². The van der Waals surface area contributed by atoms with Gasteiger partial charge in [-0.15, -0.1) is 0 Å². The molecule has 116 valence electrons. The number of phenols is 1. The summed E-state index contributed by atoms with van der Waals surface area (Å²) in [7, 11) is 1.45. The number of thiocarbonyl (C=S) groups is 1. The standard InChI is InChI=1S/C14H13NO5S2/c1-20-10-3-2-8(6-9(10)16)7-11-13(19)15(14(21)22-11)5-4-12(17)18/h2-3,6-7,16H,4-5H2,1H3,(H,17,18)/b11-7-. The minimum absolute atomic E-state index is 0.0300. The highest BCUT2D eigenvalue weighted by Crippen LogP contribution is 2.34. The molecule has 8 heteroatoms. The van der Waals surface area contributed by atoms with Crippen molar-refractivity contribution in [2.45, 2.75) is 6.42 Å². The maximum absolute atomic E-state index is 12.2. The summed E-state index contributed by atoms with van der Waals surface area (Å²) in [4.78, 5) is 24.5. The number of carboxylic acid groups (broad SMARTS) is 1. The number of nitrogens with zero attached hydrogens (tertiary/aromatic N) is 1. The molecule has 6 nitrogen and oxygen atoms in total. The molecule has 2 N–H and O–H groups in total. The maximum atomic E-state index is 12.2.